The zero-order chi connectivity index (χ0) is 15.6. The summed E-state index contributed by atoms with van der Waals surface area (Å²) in [5, 5.41) is 16.5. The average Bonchev–Trinajstić information content (AvgIpc) is 3.25. The van der Waals surface area contributed by atoms with Gasteiger partial charge in [0.2, 0.25) is 5.95 Å². The first-order valence-electron chi connectivity index (χ1n) is 7.89. The first-order valence-corrected chi connectivity index (χ1v) is 7.89. The van der Waals surface area contributed by atoms with Crippen LogP contribution in [-0.4, -0.2) is 43.1 Å². The minimum atomic E-state index is 0.555. The third-order valence-corrected chi connectivity index (χ3v) is 4.51. The zero-order valence-corrected chi connectivity index (χ0v) is 13.1. The van der Waals surface area contributed by atoms with Crippen LogP contribution in [0.25, 0.3) is 5.69 Å². The number of benzene rings is 1. The second-order valence-electron chi connectivity index (χ2n) is 5.87. The molecule has 0 amide bonds. The molecule has 0 saturated carbocycles. The van der Waals surface area contributed by atoms with E-state index in [1.54, 1.807) is 0 Å². The predicted molar refractivity (Wildman–Crippen MR) is 86.6 cm³/mol. The van der Waals surface area contributed by atoms with Gasteiger partial charge in [0.25, 0.3) is 0 Å². The fourth-order valence-electron chi connectivity index (χ4n) is 3.28. The number of para-hydroxylation sites is 1. The molecule has 1 aliphatic rings. The summed E-state index contributed by atoms with van der Waals surface area (Å²) in [6.07, 6.45) is 4.04. The van der Waals surface area contributed by atoms with Gasteiger partial charge in [0, 0.05) is 37.9 Å². The molecule has 1 aliphatic heterocycles. The normalized spacial score (nSPS) is 16.0. The van der Waals surface area contributed by atoms with Crippen LogP contribution in [0.15, 0.2) is 42.6 Å². The molecule has 0 spiro atoms. The summed E-state index contributed by atoms with van der Waals surface area (Å²) in [4.78, 5) is 2.26. The van der Waals surface area contributed by atoms with Crippen molar-refractivity contribution in [2.24, 2.45) is 7.05 Å². The second kappa shape index (κ2) is 5.83. The Labute approximate surface area is 134 Å². The molecule has 3 aromatic rings. The molecule has 0 atom stereocenters. The molecule has 1 saturated heterocycles. The Morgan fingerprint density at radius 3 is 2.52 bits per heavy atom. The van der Waals surface area contributed by atoms with Crippen molar-refractivity contribution in [3.63, 3.8) is 0 Å². The van der Waals surface area contributed by atoms with Gasteiger partial charge in [-0.2, -0.15) is 9.78 Å². The SMILES string of the molecule is Cn1nccc1C1CCN(c2nnnn2-c2ccccc2)CC1. The van der Waals surface area contributed by atoms with Gasteiger partial charge in [-0.05, 0) is 41.5 Å². The highest BCUT2D eigenvalue weighted by Gasteiger charge is 2.25. The lowest BCUT2D eigenvalue weighted by atomic mass is 9.93. The third kappa shape index (κ3) is 2.58. The molecule has 0 N–H and O–H groups in total. The van der Waals surface area contributed by atoms with E-state index in [-0.39, 0.29) is 0 Å². The lowest BCUT2D eigenvalue weighted by Crippen LogP contribution is -2.35. The smallest absolute Gasteiger partial charge is 0.250 e. The van der Waals surface area contributed by atoms with E-state index in [2.05, 4.69) is 31.6 Å². The number of hydrogen-bond donors (Lipinski definition) is 0. The lowest BCUT2D eigenvalue weighted by molar-refractivity contribution is 0.471. The van der Waals surface area contributed by atoms with Gasteiger partial charge in [-0.15, -0.1) is 0 Å². The number of anilines is 1. The van der Waals surface area contributed by atoms with E-state index < -0.39 is 0 Å². The van der Waals surface area contributed by atoms with Crippen molar-refractivity contribution < 1.29 is 0 Å². The maximum Gasteiger partial charge on any atom is 0.250 e. The Bertz CT molecular complexity index is 769. The van der Waals surface area contributed by atoms with Crippen molar-refractivity contribution in [3.8, 4) is 5.69 Å². The Kier molecular flexibility index (Phi) is 3.53. The molecule has 0 unspecified atom stereocenters. The van der Waals surface area contributed by atoms with Crippen LogP contribution in [0.5, 0.6) is 0 Å². The topological polar surface area (TPSA) is 64.7 Å². The Morgan fingerprint density at radius 2 is 1.83 bits per heavy atom. The summed E-state index contributed by atoms with van der Waals surface area (Å²) in [5.74, 6) is 1.37. The molecule has 0 bridgehead atoms. The molecule has 2 aromatic heterocycles. The maximum absolute atomic E-state index is 4.28. The first-order chi connectivity index (χ1) is 11.3. The van der Waals surface area contributed by atoms with Crippen molar-refractivity contribution in [1.82, 2.24) is 30.0 Å². The Morgan fingerprint density at radius 1 is 1.04 bits per heavy atom. The van der Waals surface area contributed by atoms with Gasteiger partial charge in [-0.3, -0.25) is 4.68 Å². The van der Waals surface area contributed by atoms with Crippen LogP contribution in [0.2, 0.25) is 0 Å². The standard InChI is InChI=1S/C16H19N7/c1-21-15(7-10-17-21)13-8-11-22(12-9-13)16-18-19-20-23(16)14-5-3-2-4-6-14/h2-7,10,13H,8-9,11-12H2,1H3. The van der Waals surface area contributed by atoms with Gasteiger partial charge in [0.1, 0.15) is 0 Å². The van der Waals surface area contributed by atoms with Gasteiger partial charge >= 0.3 is 0 Å². The number of aryl methyl sites for hydroxylation is 1. The summed E-state index contributed by atoms with van der Waals surface area (Å²) < 4.78 is 3.79. The summed E-state index contributed by atoms with van der Waals surface area (Å²) in [6.45, 7) is 1.89. The molecule has 0 aliphatic carbocycles. The minimum absolute atomic E-state index is 0.555. The number of piperidine rings is 1. The number of nitrogens with zero attached hydrogens (tertiary/aromatic N) is 7. The van der Waals surface area contributed by atoms with Crippen molar-refractivity contribution in [2.45, 2.75) is 18.8 Å². The second-order valence-corrected chi connectivity index (χ2v) is 5.87. The van der Waals surface area contributed by atoms with E-state index in [0.717, 1.165) is 37.6 Å². The van der Waals surface area contributed by atoms with Gasteiger partial charge in [0.15, 0.2) is 0 Å². The lowest BCUT2D eigenvalue weighted by Gasteiger charge is -2.32. The number of rotatable bonds is 3. The van der Waals surface area contributed by atoms with Crippen LogP contribution in [-0.2, 0) is 7.05 Å². The molecule has 118 valence electrons. The fraction of sp³-hybridized carbons (Fsp3) is 0.375. The molecule has 7 nitrogen and oxygen atoms in total. The highest BCUT2D eigenvalue weighted by atomic mass is 15.6. The molecule has 1 aromatic carbocycles. The van der Waals surface area contributed by atoms with Crippen molar-refractivity contribution in [3.05, 3.63) is 48.3 Å². The monoisotopic (exact) mass is 309 g/mol. The number of aromatic nitrogens is 6. The van der Waals surface area contributed by atoms with Crippen LogP contribution in [0, 0.1) is 0 Å². The maximum atomic E-state index is 4.28. The van der Waals surface area contributed by atoms with Crippen LogP contribution in [0.3, 0.4) is 0 Å². The van der Waals surface area contributed by atoms with E-state index in [1.165, 1.54) is 5.69 Å². The summed E-state index contributed by atoms with van der Waals surface area (Å²) >= 11 is 0. The van der Waals surface area contributed by atoms with Crippen molar-refractivity contribution >= 4 is 5.95 Å². The number of hydrogen-bond acceptors (Lipinski definition) is 5. The Hall–Kier alpha value is -2.70. The summed E-state index contributed by atoms with van der Waals surface area (Å²) in [6, 6.07) is 12.1. The quantitative estimate of drug-likeness (QED) is 0.738. The van der Waals surface area contributed by atoms with E-state index in [1.807, 2.05) is 52.9 Å². The highest BCUT2D eigenvalue weighted by molar-refractivity contribution is 5.41. The summed E-state index contributed by atoms with van der Waals surface area (Å²) in [5.41, 5.74) is 2.30. The molecule has 23 heavy (non-hydrogen) atoms. The van der Waals surface area contributed by atoms with E-state index in [4.69, 9.17) is 0 Å². The first kappa shape index (κ1) is 13.9. The van der Waals surface area contributed by atoms with Crippen LogP contribution in [0.4, 0.5) is 5.95 Å². The molecule has 0 radical (unpaired) electrons. The third-order valence-electron chi connectivity index (χ3n) is 4.51. The average molecular weight is 309 g/mol. The molecular formula is C16H19N7. The molecule has 3 heterocycles. The van der Waals surface area contributed by atoms with E-state index in [9.17, 15) is 0 Å². The van der Waals surface area contributed by atoms with E-state index in [0.29, 0.717) is 5.92 Å². The van der Waals surface area contributed by atoms with Crippen LogP contribution in [0.1, 0.15) is 24.5 Å². The molecule has 1 fully saturated rings. The van der Waals surface area contributed by atoms with Crippen LogP contribution < -0.4 is 4.90 Å². The predicted octanol–water partition coefficient (Wildman–Crippen LogP) is 1.78. The van der Waals surface area contributed by atoms with Gasteiger partial charge in [-0.1, -0.05) is 23.3 Å². The molecular weight excluding hydrogens is 290 g/mol. The van der Waals surface area contributed by atoms with Gasteiger partial charge in [0.05, 0.1) is 5.69 Å². The minimum Gasteiger partial charge on any atom is -0.339 e. The largest absolute Gasteiger partial charge is 0.339 e. The van der Waals surface area contributed by atoms with Crippen molar-refractivity contribution in [2.75, 3.05) is 18.0 Å². The number of tetrazole rings is 1. The van der Waals surface area contributed by atoms with Gasteiger partial charge in [-0.25, -0.2) is 0 Å². The highest BCUT2D eigenvalue weighted by Crippen LogP contribution is 2.29. The zero-order valence-electron chi connectivity index (χ0n) is 13.1. The van der Waals surface area contributed by atoms with Gasteiger partial charge < -0.3 is 4.90 Å². The molecule has 4 rings (SSSR count). The van der Waals surface area contributed by atoms with E-state index >= 15 is 0 Å². The summed E-state index contributed by atoms with van der Waals surface area (Å²) in [7, 11) is 2.01. The van der Waals surface area contributed by atoms with Crippen LogP contribution >= 0.6 is 0 Å². The Balaban J connectivity index is 1.52. The molecule has 7 heteroatoms. The van der Waals surface area contributed by atoms with Crippen molar-refractivity contribution in [1.29, 1.82) is 0 Å². The fourth-order valence-corrected chi connectivity index (χ4v) is 3.28.